The van der Waals surface area contributed by atoms with Gasteiger partial charge in [-0.1, -0.05) is 0 Å². The minimum atomic E-state index is -0.917. The highest BCUT2D eigenvalue weighted by Gasteiger charge is 2.52. The summed E-state index contributed by atoms with van der Waals surface area (Å²) < 4.78 is 4.17. The lowest BCUT2D eigenvalue weighted by Crippen LogP contribution is -2.37. The van der Waals surface area contributed by atoms with E-state index in [2.05, 4.69) is 14.2 Å². The predicted molar refractivity (Wildman–Crippen MR) is 106 cm³/mol. The minimum absolute atomic E-state index is 0.112. The lowest BCUT2D eigenvalue weighted by atomic mass is 9.82. The fourth-order valence-electron chi connectivity index (χ4n) is 5.20. The average molecular weight is 401 g/mol. The molecule has 28 heavy (non-hydrogen) atoms. The molecule has 0 amide bonds. The standard InChI is InChI=1S/C20H24N4O3S/c25-12-20-10-23(9-15-4-5-21-28-15)7-14(20)8-24(11-20)18-16(19(26)27)6-13-2-1-3-17(13)22-18/h4-6,14,25H,1-3,7-12H2,(H,26,27). The zero-order valence-electron chi connectivity index (χ0n) is 15.7. The summed E-state index contributed by atoms with van der Waals surface area (Å²) in [5.74, 6) is -0.0226. The third kappa shape index (κ3) is 2.91. The maximum Gasteiger partial charge on any atom is 0.339 e. The van der Waals surface area contributed by atoms with Crippen LogP contribution in [0.1, 0.15) is 32.9 Å². The third-order valence-electron chi connectivity index (χ3n) is 6.58. The molecule has 8 heteroatoms. The van der Waals surface area contributed by atoms with Gasteiger partial charge in [0.05, 0.1) is 6.61 Å². The number of nitrogens with zero attached hydrogens (tertiary/aromatic N) is 4. The fourth-order valence-corrected chi connectivity index (χ4v) is 5.82. The lowest BCUT2D eigenvalue weighted by Gasteiger charge is -2.28. The van der Waals surface area contributed by atoms with Crippen molar-refractivity contribution in [1.29, 1.82) is 0 Å². The van der Waals surface area contributed by atoms with E-state index in [1.807, 2.05) is 18.3 Å². The second kappa shape index (κ2) is 6.79. The molecule has 2 N–H and O–H groups in total. The number of hydrogen-bond donors (Lipinski definition) is 2. The molecule has 2 fully saturated rings. The van der Waals surface area contributed by atoms with E-state index in [1.165, 1.54) is 16.4 Å². The minimum Gasteiger partial charge on any atom is -0.478 e. The molecule has 2 saturated heterocycles. The number of carbonyl (C=O) groups is 1. The number of anilines is 1. The average Bonchev–Trinajstić information content (AvgIpc) is 3.43. The Balaban J connectivity index is 1.40. The van der Waals surface area contributed by atoms with E-state index in [-0.39, 0.29) is 12.0 Å². The van der Waals surface area contributed by atoms with Crippen LogP contribution in [0.4, 0.5) is 5.82 Å². The summed E-state index contributed by atoms with van der Waals surface area (Å²) in [6, 6.07) is 3.87. The Morgan fingerprint density at radius 3 is 2.93 bits per heavy atom. The Labute approximate surface area is 167 Å². The van der Waals surface area contributed by atoms with Crippen molar-refractivity contribution < 1.29 is 15.0 Å². The van der Waals surface area contributed by atoms with E-state index in [0.29, 0.717) is 23.8 Å². The van der Waals surface area contributed by atoms with Gasteiger partial charge in [-0.3, -0.25) is 4.90 Å². The van der Waals surface area contributed by atoms with Crippen LogP contribution in [0.2, 0.25) is 0 Å². The number of rotatable bonds is 5. The Morgan fingerprint density at radius 1 is 1.32 bits per heavy atom. The number of likely N-dealkylation sites (tertiary alicyclic amines) is 1. The summed E-state index contributed by atoms with van der Waals surface area (Å²) in [5.41, 5.74) is 2.20. The van der Waals surface area contributed by atoms with Crippen LogP contribution in [0.5, 0.6) is 0 Å². The fraction of sp³-hybridized carbons (Fsp3) is 0.550. The van der Waals surface area contributed by atoms with Gasteiger partial charge in [-0.15, -0.1) is 0 Å². The summed E-state index contributed by atoms with van der Waals surface area (Å²) in [4.78, 5) is 22.4. The molecule has 2 atom stereocenters. The molecule has 2 aliphatic heterocycles. The molecule has 1 aliphatic carbocycles. The van der Waals surface area contributed by atoms with Crippen molar-refractivity contribution in [3.8, 4) is 0 Å². The van der Waals surface area contributed by atoms with Gasteiger partial charge in [-0.2, -0.15) is 0 Å². The normalized spacial score (nSPS) is 26.6. The van der Waals surface area contributed by atoms with Crippen molar-refractivity contribution >= 4 is 23.3 Å². The first kappa shape index (κ1) is 18.0. The van der Waals surface area contributed by atoms with Gasteiger partial charge in [-0.05, 0) is 54.4 Å². The maximum atomic E-state index is 11.9. The third-order valence-corrected chi connectivity index (χ3v) is 7.30. The molecule has 5 rings (SSSR count). The molecule has 2 unspecified atom stereocenters. The van der Waals surface area contributed by atoms with Crippen molar-refractivity contribution in [2.75, 3.05) is 37.7 Å². The van der Waals surface area contributed by atoms with Gasteiger partial charge < -0.3 is 15.1 Å². The van der Waals surface area contributed by atoms with Crippen molar-refractivity contribution in [3.63, 3.8) is 0 Å². The molecule has 0 saturated carbocycles. The highest BCUT2D eigenvalue weighted by molar-refractivity contribution is 7.05. The van der Waals surface area contributed by atoms with Crippen LogP contribution in [-0.2, 0) is 19.4 Å². The van der Waals surface area contributed by atoms with Crippen LogP contribution >= 0.6 is 11.5 Å². The van der Waals surface area contributed by atoms with E-state index in [0.717, 1.165) is 56.7 Å². The number of fused-ring (bicyclic) bond motifs is 2. The number of hydrogen-bond acceptors (Lipinski definition) is 7. The molecule has 0 radical (unpaired) electrons. The number of aromatic nitrogens is 2. The Hall–Kier alpha value is -2.03. The van der Waals surface area contributed by atoms with Crippen molar-refractivity contribution in [2.45, 2.75) is 25.8 Å². The smallest absolute Gasteiger partial charge is 0.339 e. The first-order valence-corrected chi connectivity index (χ1v) is 10.6. The zero-order chi connectivity index (χ0) is 19.3. The molecule has 2 aromatic heterocycles. The Kier molecular flexibility index (Phi) is 4.37. The van der Waals surface area contributed by atoms with Gasteiger partial charge in [0.25, 0.3) is 0 Å². The molecule has 0 aromatic carbocycles. The number of aliphatic hydroxyl groups is 1. The summed E-state index contributed by atoms with van der Waals surface area (Å²) in [5, 5.41) is 20.0. The van der Waals surface area contributed by atoms with Crippen LogP contribution in [0.25, 0.3) is 0 Å². The van der Waals surface area contributed by atoms with Crippen LogP contribution in [0, 0.1) is 11.3 Å². The Morgan fingerprint density at radius 2 is 2.21 bits per heavy atom. The second-order valence-corrected chi connectivity index (χ2v) is 9.29. The van der Waals surface area contributed by atoms with Crippen LogP contribution in [-0.4, -0.2) is 63.2 Å². The first-order valence-electron chi connectivity index (χ1n) is 9.82. The first-order chi connectivity index (χ1) is 13.6. The van der Waals surface area contributed by atoms with E-state index >= 15 is 0 Å². The second-order valence-electron chi connectivity index (χ2n) is 8.37. The molecule has 7 nitrogen and oxygen atoms in total. The topological polar surface area (TPSA) is 89.8 Å². The molecule has 0 spiro atoms. The summed E-state index contributed by atoms with van der Waals surface area (Å²) >= 11 is 1.52. The molecule has 0 bridgehead atoms. The van der Waals surface area contributed by atoms with E-state index in [1.54, 1.807) is 0 Å². The van der Waals surface area contributed by atoms with Gasteiger partial charge in [-0.25, -0.2) is 14.2 Å². The van der Waals surface area contributed by atoms with Crippen LogP contribution in [0.15, 0.2) is 18.3 Å². The Bertz CT molecular complexity index is 903. The molecule has 148 valence electrons. The summed E-state index contributed by atoms with van der Waals surface area (Å²) in [6.45, 7) is 4.09. The summed E-state index contributed by atoms with van der Waals surface area (Å²) in [6.07, 6.45) is 4.71. The summed E-state index contributed by atoms with van der Waals surface area (Å²) in [7, 11) is 0. The van der Waals surface area contributed by atoms with Crippen LogP contribution < -0.4 is 4.90 Å². The van der Waals surface area contributed by atoms with Gasteiger partial charge in [0.1, 0.15) is 11.4 Å². The molecule has 3 aliphatic rings. The monoisotopic (exact) mass is 400 g/mol. The van der Waals surface area contributed by atoms with Crippen LogP contribution in [0.3, 0.4) is 0 Å². The number of carboxylic acid groups (broad SMARTS) is 1. The predicted octanol–water partition coefficient (Wildman–Crippen LogP) is 1.66. The molecule has 4 heterocycles. The largest absolute Gasteiger partial charge is 0.478 e. The van der Waals surface area contributed by atoms with Gasteiger partial charge in [0.2, 0.25) is 0 Å². The van der Waals surface area contributed by atoms with E-state index < -0.39 is 5.97 Å². The van der Waals surface area contributed by atoms with Gasteiger partial charge in [0, 0.05) is 54.9 Å². The quantitative estimate of drug-likeness (QED) is 0.789. The SMILES string of the molecule is O=C(O)c1cc2c(nc1N1CC3CN(Cc4ccns4)CC3(CO)C1)CCC2. The van der Waals surface area contributed by atoms with Crippen molar-refractivity contribution in [2.24, 2.45) is 11.3 Å². The maximum absolute atomic E-state index is 11.9. The van der Waals surface area contributed by atoms with E-state index in [4.69, 9.17) is 4.98 Å². The van der Waals surface area contributed by atoms with Crippen molar-refractivity contribution in [3.05, 3.63) is 40.0 Å². The highest BCUT2D eigenvalue weighted by Crippen LogP contribution is 2.44. The zero-order valence-corrected chi connectivity index (χ0v) is 16.5. The number of carboxylic acids is 1. The number of aromatic carboxylic acids is 1. The van der Waals surface area contributed by atoms with E-state index in [9.17, 15) is 15.0 Å². The molecular weight excluding hydrogens is 376 g/mol. The number of aryl methyl sites for hydroxylation is 2. The van der Waals surface area contributed by atoms with Crippen molar-refractivity contribution in [1.82, 2.24) is 14.3 Å². The number of pyridine rings is 1. The highest BCUT2D eigenvalue weighted by atomic mass is 32.1. The van der Waals surface area contributed by atoms with Gasteiger partial charge >= 0.3 is 5.97 Å². The number of aliphatic hydroxyl groups excluding tert-OH is 1. The lowest BCUT2D eigenvalue weighted by molar-refractivity contribution is 0.0697. The van der Waals surface area contributed by atoms with Gasteiger partial charge in [0.15, 0.2) is 0 Å². The molecular formula is C20H24N4O3S. The molecule has 2 aromatic rings.